The second-order valence-electron chi connectivity index (χ2n) is 9.13. The number of hydrogen-bond donors (Lipinski definition) is 3. The van der Waals surface area contributed by atoms with Crippen LogP contribution in [-0.2, 0) is 6.42 Å². The Kier molecular flexibility index (Phi) is 5.89. The molecule has 0 aliphatic carbocycles. The number of likely N-dealkylation sites (tertiary alicyclic amines) is 1. The number of H-pyrrole nitrogens is 2. The predicted octanol–water partition coefficient (Wildman–Crippen LogP) is 4.82. The molecule has 4 aromatic rings. The number of aromatic amines is 2. The number of nitrogens with two attached hydrogens (primary N) is 1. The third-order valence-electron chi connectivity index (χ3n) is 7.09. The number of carbonyl (C=O) groups excluding carboxylic acids is 1. The molecular formula is C27H29N5O. The van der Waals surface area contributed by atoms with Crippen LogP contribution in [-0.4, -0.2) is 40.4 Å². The number of amides is 1. The summed E-state index contributed by atoms with van der Waals surface area (Å²) in [6, 6.07) is 13.7. The van der Waals surface area contributed by atoms with Gasteiger partial charge in [0.1, 0.15) is 0 Å². The molecule has 2 aromatic heterocycles. The van der Waals surface area contributed by atoms with Crippen molar-refractivity contribution in [2.45, 2.75) is 38.0 Å². The number of primary amides is 1. The van der Waals surface area contributed by atoms with Crippen LogP contribution in [0.3, 0.4) is 0 Å². The average Bonchev–Trinajstić information content (AvgIpc) is 3.45. The van der Waals surface area contributed by atoms with Crippen LogP contribution in [0.1, 0.15) is 58.6 Å². The number of nitrogens with one attached hydrogen (secondary N) is 2. The van der Waals surface area contributed by atoms with Crippen LogP contribution in [0.15, 0.2) is 48.8 Å². The molecule has 0 saturated carbocycles. The van der Waals surface area contributed by atoms with Crippen LogP contribution in [0.4, 0.5) is 0 Å². The van der Waals surface area contributed by atoms with Crippen molar-refractivity contribution in [3.63, 3.8) is 0 Å². The molecule has 0 unspecified atom stereocenters. The van der Waals surface area contributed by atoms with Crippen LogP contribution in [0.5, 0.6) is 0 Å². The maximum atomic E-state index is 11.6. The van der Waals surface area contributed by atoms with Crippen molar-refractivity contribution in [2.24, 2.45) is 5.73 Å². The largest absolute Gasteiger partial charge is 0.366 e. The van der Waals surface area contributed by atoms with Gasteiger partial charge < -0.3 is 20.6 Å². The van der Waals surface area contributed by atoms with Gasteiger partial charge in [0.05, 0.1) is 11.6 Å². The lowest BCUT2D eigenvalue weighted by Gasteiger charge is -2.32. The van der Waals surface area contributed by atoms with Gasteiger partial charge in [-0.3, -0.25) is 4.79 Å². The van der Waals surface area contributed by atoms with E-state index >= 15 is 0 Å². The van der Waals surface area contributed by atoms with Gasteiger partial charge in [-0.2, -0.15) is 5.26 Å². The van der Waals surface area contributed by atoms with Crippen LogP contribution < -0.4 is 5.73 Å². The summed E-state index contributed by atoms with van der Waals surface area (Å²) in [5, 5.41) is 11.5. The molecule has 1 fully saturated rings. The number of aryl methyl sites for hydroxylation is 1. The van der Waals surface area contributed by atoms with E-state index in [1.807, 2.05) is 30.3 Å². The monoisotopic (exact) mass is 439 g/mol. The molecule has 1 aliphatic rings. The fraction of sp³-hybridized carbons (Fsp3) is 0.333. The molecule has 1 aliphatic heterocycles. The van der Waals surface area contributed by atoms with Crippen LogP contribution in [0.25, 0.3) is 21.8 Å². The Hall–Kier alpha value is -3.56. The number of benzene rings is 2. The molecule has 0 bridgehead atoms. The van der Waals surface area contributed by atoms with Gasteiger partial charge in [0.2, 0.25) is 5.91 Å². The Labute approximate surface area is 193 Å². The summed E-state index contributed by atoms with van der Waals surface area (Å²) in [5.74, 6) is 0.135. The summed E-state index contributed by atoms with van der Waals surface area (Å²) >= 11 is 0. The summed E-state index contributed by atoms with van der Waals surface area (Å²) in [6.07, 6.45) is 9.80. The van der Waals surface area contributed by atoms with E-state index in [1.54, 1.807) is 6.07 Å². The molecule has 6 heteroatoms. The molecule has 168 valence electrons. The topological polar surface area (TPSA) is 102 Å². The van der Waals surface area contributed by atoms with Gasteiger partial charge in [-0.1, -0.05) is 0 Å². The van der Waals surface area contributed by atoms with Crippen molar-refractivity contribution in [2.75, 3.05) is 19.6 Å². The molecule has 4 N–H and O–H groups in total. The minimum Gasteiger partial charge on any atom is -0.366 e. The molecule has 33 heavy (non-hydrogen) atoms. The summed E-state index contributed by atoms with van der Waals surface area (Å²) in [5.41, 5.74) is 11.5. The molecule has 0 radical (unpaired) electrons. The van der Waals surface area contributed by atoms with E-state index < -0.39 is 0 Å². The smallest absolute Gasteiger partial charge is 0.248 e. The Morgan fingerprint density at radius 3 is 2.58 bits per heavy atom. The Balaban J connectivity index is 1.13. The predicted molar refractivity (Wildman–Crippen MR) is 131 cm³/mol. The highest BCUT2D eigenvalue weighted by Crippen LogP contribution is 2.33. The molecule has 0 spiro atoms. The lowest BCUT2D eigenvalue weighted by molar-refractivity contribution is 0.100. The Morgan fingerprint density at radius 2 is 1.79 bits per heavy atom. The third-order valence-corrected chi connectivity index (χ3v) is 7.09. The first kappa shape index (κ1) is 21.3. The summed E-state index contributed by atoms with van der Waals surface area (Å²) in [4.78, 5) is 20.8. The SMILES string of the molecule is N#Cc1ccc2[nH]cc(CCCCN3CCC(c4c[nH]c5ccc(C(N)=O)cc45)CC3)c2c1. The first-order chi connectivity index (χ1) is 16.1. The number of piperidine rings is 1. The highest BCUT2D eigenvalue weighted by atomic mass is 16.1. The molecule has 1 amide bonds. The minimum atomic E-state index is -0.378. The number of hydrogen-bond acceptors (Lipinski definition) is 3. The molecule has 0 atom stereocenters. The van der Waals surface area contributed by atoms with Gasteiger partial charge in [0.15, 0.2) is 0 Å². The van der Waals surface area contributed by atoms with Crippen molar-refractivity contribution in [1.29, 1.82) is 5.26 Å². The number of aromatic nitrogens is 2. The van der Waals surface area contributed by atoms with E-state index in [2.05, 4.69) is 33.3 Å². The van der Waals surface area contributed by atoms with Crippen LogP contribution >= 0.6 is 0 Å². The summed E-state index contributed by atoms with van der Waals surface area (Å²) < 4.78 is 0. The summed E-state index contributed by atoms with van der Waals surface area (Å²) in [6.45, 7) is 3.33. The van der Waals surface area contributed by atoms with Crippen molar-refractivity contribution < 1.29 is 4.79 Å². The van der Waals surface area contributed by atoms with Gasteiger partial charge in [0.25, 0.3) is 0 Å². The number of fused-ring (bicyclic) bond motifs is 2. The number of rotatable bonds is 7. The highest BCUT2D eigenvalue weighted by Gasteiger charge is 2.23. The zero-order valence-corrected chi connectivity index (χ0v) is 18.7. The minimum absolute atomic E-state index is 0.378. The van der Waals surface area contributed by atoms with E-state index in [9.17, 15) is 4.79 Å². The lowest BCUT2D eigenvalue weighted by atomic mass is 9.88. The quantitative estimate of drug-likeness (QED) is 0.360. The fourth-order valence-corrected chi connectivity index (χ4v) is 5.21. The first-order valence-electron chi connectivity index (χ1n) is 11.8. The number of nitriles is 1. The van der Waals surface area contributed by atoms with E-state index in [-0.39, 0.29) is 5.91 Å². The highest BCUT2D eigenvalue weighted by molar-refractivity contribution is 5.98. The van der Waals surface area contributed by atoms with Gasteiger partial charge in [-0.25, -0.2) is 0 Å². The van der Waals surface area contributed by atoms with E-state index in [0.717, 1.165) is 61.7 Å². The zero-order chi connectivity index (χ0) is 22.8. The second kappa shape index (κ2) is 9.13. The van der Waals surface area contributed by atoms with Crippen LogP contribution in [0, 0.1) is 11.3 Å². The molecule has 6 nitrogen and oxygen atoms in total. The maximum absolute atomic E-state index is 11.6. The van der Waals surface area contributed by atoms with E-state index in [0.29, 0.717) is 17.0 Å². The van der Waals surface area contributed by atoms with Crippen molar-refractivity contribution >= 4 is 27.7 Å². The van der Waals surface area contributed by atoms with Gasteiger partial charge in [0, 0.05) is 39.8 Å². The standard InChI is InChI=1S/C27H29N5O/c28-15-18-4-6-25-22(13-18)21(16-30-25)3-1-2-10-32-11-8-19(9-12-32)24-17-31-26-7-5-20(27(29)33)14-23(24)26/h4-7,13-14,16-17,19,30-31H,1-3,8-12H2,(H2,29,33). The van der Waals surface area contributed by atoms with Gasteiger partial charge in [-0.05, 0) is 105 Å². The maximum Gasteiger partial charge on any atom is 0.248 e. The fourth-order valence-electron chi connectivity index (χ4n) is 5.21. The molecule has 3 heterocycles. The molecule has 1 saturated heterocycles. The average molecular weight is 440 g/mol. The van der Waals surface area contributed by atoms with Crippen molar-refractivity contribution in [1.82, 2.24) is 14.9 Å². The lowest BCUT2D eigenvalue weighted by Crippen LogP contribution is -2.33. The van der Waals surface area contributed by atoms with Crippen molar-refractivity contribution in [3.05, 3.63) is 71.0 Å². The van der Waals surface area contributed by atoms with Gasteiger partial charge >= 0.3 is 0 Å². The Bertz CT molecular complexity index is 1330. The molecule has 2 aromatic carbocycles. The first-order valence-corrected chi connectivity index (χ1v) is 11.8. The van der Waals surface area contributed by atoms with Crippen LogP contribution in [0.2, 0.25) is 0 Å². The normalized spacial score (nSPS) is 15.2. The molecular weight excluding hydrogens is 410 g/mol. The number of nitrogens with zero attached hydrogens (tertiary/aromatic N) is 2. The van der Waals surface area contributed by atoms with Crippen molar-refractivity contribution in [3.8, 4) is 6.07 Å². The second-order valence-corrected chi connectivity index (χ2v) is 9.13. The zero-order valence-electron chi connectivity index (χ0n) is 18.7. The van der Waals surface area contributed by atoms with E-state index in [4.69, 9.17) is 11.0 Å². The summed E-state index contributed by atoms with van der Waals surface area (Å²) in [7, 11) is 0. The molecule has 5 rings (SSSR count). The van der Waals surface area contributed by atoms with E-state index in [1.165, 1.54) is 22.9 Å². The van der Waals surface area contributed by atoms with Gasteiger partial charge in [-0.15, -0.1) is 0 Å². The number of carbonyl (C=O) groups is 1. The third kappa shape index (κ3) is 4.37. The Morgan fingerprint density at radius 1 is 1.03 bits per heavy atom. The number of unbranched alkanes of at least 4 members (excludes halogenated alkanes) is 1.